The molecule has 0 radical (unpaired) electrons. The molecule has 0 bridgehead atoms. The van der Waals surface area contributed by atoms with Gasteiger partial charge in [0.1, 0.15) is 5.82 Å². The summed E-state index contributed by atoms with van der Waals surface area (Å²) >= 11 is 5.84. The van der Waals surface area contributed by atoms with Crippen LogP contribution in [0.1, 0.15) is 21.5 Å². The van der Waals surface area contributed by atoms with Crippen LogP contribution in [0.15, 0.2) is 65.6 Å². The molecule has 3 rings (SSSR count). The summed E-state index contributed by atoms with van der Waals surface area (Å²) in [5.41, 5.74) is 7.09. The van der Waals surface area contributed by atoms with Crippen molar-refractivity contribution in [3.63, 3.8) is 0 Å². The molecule has 0 unspecified atom stereocenters. The van der Waals surface area contributed by atoms with Crippen molar-refractivity contribution in [1.29, 1.82) is 0 Å². The quantitative estimate of drug-likeness (QED) is 0.741. The van der Waals surface area contributed by atoms with Crippen LogP contribution in [0, 0.1) is 0 Å². The summed E-state index contributed by atoms with van der Waals surface area (Å²) in [5.74, 6) is -0.211. The Bertz CT molecular complexity index is 935. The maximum atomic E-state index is 12.6. The SMILES string of the molecule is Nc1c(C(=O)c2ccc(Cl)cc2)cnc(=O)n1Cc1ccccc1. The van der Waals surface area contributed by atoms with Gasteiger partial charge < -0.3 is 5.73 Å². The Morgan fingerprint density at radius 3 is 2.42 bits per heavy atom. The Kier molecular flexibility index (Phi) is 4.44. The van der Waals surface area contributed by atoms with E-state index in [1.54, 1.807) is 24.3 Å². The fourth-order valence-corrected chi connectivity index (χ4v) is 2.48. The highest BCUT2D eigenvalue weighted by Gasteiger charge is 2.17. The molecule has 120 valence electrons. The molecular weight excluding hydrogens is 326 g/mol. The third-order valence-electron chi connectivity index (χ3n) is 3.64. The highest BCUT2D eigenvalue weighted by atomic mass is 35.5. The lowest BCUT2D eigenvalue weighted by atomic mass is 10.1. The van der Waals surface area contributed by atoms with E-state index in [0.29, 0.717) is 10.6 Å². The monoisotopic (exact) mass is 339 g/mol. The average molecular weight is 340 g/mol. The van der Waals surface area contributed by atoms with E-state index in [1.807, 2.05) is 30.3 Å². The third kappa shape index (κ3) is 3.21. The van der Waals surface area contributed by atoms with E-state index in [4.69, 9.17) is 17.3 Å². The number of rotatable bonds is 4. The van der Waals surface area contributed by atoms with Crippen molar-refractivity contribution >= 4 is 23.2 Å². The van der Waals surface area contributed by atoms with E-state index in [2.05, 4.69) is 4.98 Å². The van der Waals surface area contributed by atoms with Crippen molar-refractivity contribution < 1.29 is 4.79 Å². The zero-order valence-electron chi connectivity index (χ0n) is 12.6. The minimum Gasteiger partial charge on any atom is -0.384 e. The van der Waals surface area contributed by atoms with Gasteiger partial charge in [0.25, 0.3) is 0 Å². The van der Waals surface area contributed by atoms with Crippen LogP contribution >= 0.6 is 11.6 Å². The van der Waals surface area contributed by atoms with Gasteiger partial charge in [-0.1, -0.05) is 41.9 Å². The maximum absolute atomic E-state index is 12.6. The Labute approximate surface area is 143 Å². The Hall–Kier alpha value is -2.92. The van der Waals surface area contributed by atoms with Gasteiger partial charge in [0.15, 0.2) is 5.78 Å². The molecule has 24 heavy (non-hydrogen) atoms. The molecule has 0 amide bonds. The Morgan fingerprint density at radius 1 is 1.08 bits per heavy atom. The highest BCUT2D eigenvalue weighted by molar-refractivity contribution is 6.30. The number of aromatic nitrogens is 2. The largest absolute Gasteiger partial charge is 0.384 e. The van der Waals surface area contributed by atoms with Gasteiger partial charge in [-0.2, -0.15) is 0 Å². The van der Waals surface area contributed by atoms with Gasteiger partial charge in [0.05, 0.1) is 12.1 Å². The summed E-state index contributed by atoms with van der Waals surface area (Å²) in [7, 11) is 0. The lowest BCUT2D eigenvalue weighted by Crippen LogP contribution is -2.28. The molecule has 0 saturated carbocycles. The van der Waals surface area contributed by atoms with Crippen LogP contribution in [0.3, 0.4) is 0 Å². The van der Waals surface area contributed by atoms with Crippen molar-refractivity contribution in [2.75, 3.05) is 5.73 Å². The fourth-order valence-electron chi connectivity index (χ4n) is 2.35. The molecule has 5 nitrogen and oxygen atoms in total. The fraction of sp³-hybridized carbons (Fsp3) is 0.0556. The van der Waals surface area contributed by atoms with Gasteiger partial charge in [-0.15, -0.1) is 0 Å². The number of carbonyl (C=O) groups excluding carboxylic acids is 1. The summed E-state index contributed by atoms with van der Waals surface area (Å²) in [5, 5.41) is 0.534. The summed E-state index contributed by atoms with van der Waals surface area (Å²) in [4.78, 5) is 28.4. The van der Waals surface area contributed by atoms with Crippen LogP contribution in [0.4, 0.5) is 5.82 Å². The summed E-state index contributed by atoms with van der Waals surface area (Å²) < 4.78 is 1.29. The van der Waals surface area contributed by atoms with E-state index in [1.165, 1.54) is 10.8 Å². The number of carbonyl (C=O) groups is 1. The first-order valence-corrected chi connectivity index (χ1v) is 7.63. The topological polar surface area (TPSA) is 78.0 Å². The molecule has 2 N–H and O–H groups in total. The van der Waals surface area contributed by atoms with Crippen molar-refractivity contribution in [2.45, 2.75) is 6.54 Å². The van der Waals surface area contributed by atoms with Crippen LogP contribution in [0.2, 0.25) is 5.02 Å². The Balaban J connectivity index is 2.01. The standard InChI is InChI=1S/C18H14ClN3O2/c19-14-8-6-13(7-9-14)16(23)15-10-21-18(24)22(17(15)20)11-12-4-2-1-3-5-12/h1-10H,11,20H2. The average Bonchev–Trinajstić information content (AvgIpc) is 2.60. The summed E-state index contributed by atoms with van der Waals surface area (Å²) in [6.45, 7) is 0.250. The molecule has 1 aromatic heterocycles. The third-order valence-corrected chi connectivity index (χ3v) is 3.89. The number of hydrogen-bond acceptors (Lipinski definition) is 4. The minimum atomic E-state index is -0.496. The van der Waals surface area contributed by atoms with Crippen molar-refractivity contribution in [3.8, 4) is 0 Å². The molecule has 2 aromatic carbocycles. The predicted molar refractivity (Wildman–Crippen MR) is 93.3 cm³/mol. The molecule has 0 atom stereocenters. The molecule has 0 spiro atoms. The first-order valence-electron chi connectivity index (χ1n) is 7.26. The molecule has 0 fully saturated rings. The van der Waals surface area contributed by atoms with E-state index in [9.17, 15) is 9.59 Å². The van der Waals surface area contributed by atoms with Gasteiger partial charge in [0.2, 0.25) is 0 Å². The van der Waals surface area contributed by atoms with Gasteiger partial charge in [-0.25, -0.2) is 9.78 Å². The Morgan fingerprint density at radius 2 is 1.75 bits per heavy atom. The number of halogens is 1. The predicted octanol–water partition coefficient (Wildman–Crippen LogP) is 2.76. The second kappa shape index (κ2) is 6.68. The lowest BCUT2D eigenvalue weighted by Gasteiger charge is -2.12. The van der Waals surface area contributed by atoms with Gasteiger partial charge in [-0.3, -0.25) is 9.36 Å². The molecule has 0 aliphatic heterocycles. The van der Waals surface area contributed by atoms with E-state index in [-0.39, 0.29) is 23.7 Å². The van der Waals surface area contributed by atoms with E-state index >= 15 is 0 Å². The van der Waals surface area contributed by atoms with Crippen LogP contribution < -0.4 is 11.4 Å². The van der Waals surface area contributed by atoms with Crippen molar-refractivity contribution in [2.24, 2.45) is 0 Å². The highest BCUT2D eigenvalue weighted by Crippen LogP contribution is 2.17. The lowest BCUT2D eigenvalue weighted by molar-refractivity contribution is 0.103. The number of hydrogen-bond donors (Lipinski definition) is 1. The maximum Gasteiger partial charge on any atom is 0.349 e. The van der Waals surface area contributed by atoms with Crippen molar-refractivity contribution in [3.05, 3.63) is 93.0 Å². The molecule has 6 heteroatoms. The van der Waals surface area contributed by atoms with E-state index < -0.39 is 5.69 Å². The second-order valence-corrected chi connectivity index (χ2v) is 5.68. The number of nitrogen functional groups attached to an aromatic ring is 1. The summed E-state index contributed by atoms with van der Waals surface area (Å²) in [6.07, 6.45) is 1.22. The van der Waals surface area contributed by atoms with Crippen LogP contribution in [-0.4, -0.2) is 15.3 Å². The minimum absolute atomic E-state index is 0.0961. The number of nitrogens with two attached hydrogens (primary N) is 1. The van der Waals surface area contributed by atoms with Crippen LogP contribution in [0.25, 0.3) is 0 Å². The molecule has 0 aliphatic carbocycles. The zero-order chi connectivity index (χ0) is 17.1. The van der Waals surface area contributed by atoms with Crippen LogP contribution in [-0.2, 0) is 6.54 Å². The number of benzene rings is 2. The second-order valence-electron chi connectivity index (χ2n) is 5.25. The van der Waals surface area contributed by atoms with Gasteiger partial charge in [0, 0.05) is 16.8 Å². The van der Waals surface area contributed by atoms with Crippen LogP contribution in [0.5, 0.6) is 0 Å². The number of ketones is 1. The smallest absolute Gasteiger partial charge is 0.349 e. The molecular formula is C18H14ClN3O2. The molecule has 0 saturated heterocycles. The van der Waals surface area contributed by atoms with Gasteiger partial charge in [-0.05, 0) is 29.8 Å². The van der Waals surface area contributed by atoms with E-state index in [0.717, 1.165) is 5.56 Å². The van der Waals surface area contributed by atoms with Crippen molar-refractivity contribution in [1.82, 2.24) is 9.55 Å². The van der Waals surface area contributed by atoms with Gasteiger partial charge >= 0.3 is 5.69 Å². The summed E-state index contributed by atoms with van der Waals surface area (Å²) in [6, 6.07) is 15.8. The molecule has 3 aromatic rings. The number of nitrogens with zero attached hydrogens (tertiary/aromatic N) is 2. The first-order chi connectivity index (χ1) is 11.6. The first kappa shape index (κ1) is 16.0. The normalized spacial score (nSPS) is 10.5. The molecule has 0 aliphatic rings. The number of anilines is 1. The molecule has 1 heterocycles. The zero-order valence-corrected chi connectivity index (χ0v) is 13.4.